The van der Waals surface area contributed by atoms with Crippen molar-refractivity contribution in [2.24, 2.45) is 0 Å². The summed E-state index contributed by atoms with van der Waals surface area (Å²) in [4.78, 5) is 15.8. The molecule has 0 fully saturated rings. The molecular formula is C16H19F3N4O2S. The third-order valence-corrected chi connectivity index (χ3v) is 4.07. The number of anilines is 1. The fourth-order valence-electron chi connectivity index (χ4n) is 1.95. The number of hydrogen-bond acceptors (Lipinski definition) is 5. The number of thioether (sulfide) groups is 1. The zero-order chi connectivity index (χ0) is 19.4. The zero-order valence-electron chi connectivity index (χ0n) is 14.5. The summed E-state index contributed by atoms with van der Waals surface area (Å²) >= 11 is 1.39. The van der Waals surface area contributed by atoms with E-state index in [0.717, 1.165) is 12.1 Å². The van der Waals surface area contributed by atoms with Crippen LogP contribution in [0.15, 0.2) is 35.7 Å². The highest BCUT2D eigenvalue weighted by atomic mass is 32.2. The Kier molecular flexibility index (Phi) is 6.17. The van der Waals surface area contributed by atoms with E-state index in [1.165, 1.54) is 30.2 Å². The third kappa shape index (κ3) is 5.65. The second-order valence-corrected chi connectivity index (χ2v) is 7.37. The fourth-order valence-corrected chi connectivity index (χ4v) is 2.87. The van der Waals surface area contributed by atoms with Gasteiger partial charge in [-0.25, -0.2) is 14.5 Å². The van der Waals surface area contributed by atoms with Crippen LogP contribution in [0.5, 0.6) is 0 Å². The first-order valence-electron chi connectivity index (χ1n) is 7.72. The molecule has 0 unspecified atom stereocenters. The molecule has 6 nitrogen and oxygen atoms in total. The van der Waals surface area contributed by atoms with Gasteiger partial charge in [0, 0.05) is 11.4 Å². The predicted molar refractivity (Wildman–Crippen MR) is 92.2 cm³/mol. The second kappa shape index (κ2) is 7.98. The van der Waals surface area contributed by atoms with Gasteiger partial charge in [0.2, 0.25) is 0 Å². The molecule has 1 aromatic heterocycles. The molecule has 0 atom stereocenters. The third-order valence-electron chi connectivity index (χ3n) is 3.16. The molecule has 142 valence electrons. The summed E-state index contributed by atoms with van der Waals surface area (Å²) in [7, 11) is 0. The number of amides is 1. The Balaban J connectivity index is 1.77. The van der Waals surface area contributed by atoms with Crippen LogP contribution in [-0.2, 0) is 16.5 Å². The summed E-state index contributed by atoms with van der Waals surface area (Å²) < 4.78 is 44.2. The average Bonchev–Trinajstić information content (AvgIpc) is 3.00. The summed E-state index contributed by atoms with van der Waals surface area (Å²) in [6.07, 6.45) is -3.68. The van der Waals surface area contributed by atoms with Gasteiger partial charge in [0.1, 0.15) is 12.9 Å². The first kappa shape index (κ1) is 20.1. The molecule has 0 aliphatic carbocycles. The number of nitrogens with one attached hydrogen (secondary N) is 1. The number of ether oxygens (including phenoxy) is 1. The fraction of sp³-hybridized carbons (Fsp3) is 0.438. The molecule has 26 heavy (non-hydrogen) atoms. The van der Waals surface area contributed by atoms with Crippen molar-refractivity contribution in [2.75, 3.05) is 17.7 Å². The molecule has 0 aliphatic heterocycles. The normalized spacial score (nSPS) is 12.1. The minimum atomic E-state index is -4.41. The highest BCUT2D eigenvalue weighted by molar-refractivity contribution is 7.99. The van der Waals surface area contributed by atoms with Crippen LogP contribution in [0.3, 0.4) is 0 Å². The molecule has 0 aliphatic rings. The van der Waals surface area contributed by atoms with Gasteiger partial charge in [-0.1, -0.05) is 11.8 Å². The van der Waals surface area contributed by atoms with Crippen LogP contribution in [0.25, 0.3) is 0 Å². The molecule has 0 radical (unpaired) electrons. The first-order valence-corrected chi connectivity index (χ1v) is 8.70. The molecule has 0 saturated heterocycles. The Morgan fingerprint density at radius 2 is 1.88 bits per heavy atom. The van der Waals surface area contributed by atoms with Crippen molar-refractivity contribution < 1.29 is 22.7 Å². The standard InChI is InChI=1S/C16H19F3N4O2S/c1-15(2,3)23-13(20-10-21-23)26-9-8-25-14(24)22-12-6-4-11(5-7-12)16(17,18)19/h4-7,10H,8-9H2,1-3H3,(H,22,24). The van der Waals surface area contributed by atoms with Crippen molar-refractivity contribution in [1.82, 2.24) is 14.8 Å². The highest BCUT2D eigenvalue weighted by Crippen LogP contribution is 2.29. The smallest absolute Gasteiger partial charge is 0.416 e. The summed E-state index contributed by atoms with van der Waals surface area (Å²) in [5.74, 6) is 0.467. The molecule has 10 heteroatoms. The van der Waals surface area contributed by atoms with E-state index in [1.807, 2.05) is 20.8 Å². The number of carbonyl (C=O) groups is 1. The molecule has 1 aromatic carbocycles. The second-order valence-electron chi connectivity index (χ2n) is 6.31. The van der Waals surface area contributed by atoms with Crippen LogP contribution in [-0.4, -0.2) is 33.2 Å². The number of halogens is 3. The monoisotopic (exact) mass is 388 g/mol. The van der Waals surface area contributed by atoms with E-state index in [1.54, 1.807) is 4.68 Å². The zero-order valence-corrected chi connectivity index (χ0v) is 15.3. The molecule has 2 aromatic rings. The van der Waals surface area contributed by atoms with Gasteiger partial charge in [0.25, 0.3) is 0 Å². The van der Waals surface area contributed by atoms with Crippen molar-refractivity contribution in [3.8, 4) is 0 Å². The van der Waals surface area contributed by atoms with Gasteiger partial charge in [0.15, 0.2) is 5.16 Å². The predicted octanol–water partition coefficient (Wildman–Crippen LogP) is 4.39. The van der Waals surface area contributed by atoms with Crippen molar-refractivity contribution in [2.45, 2.75) is 37.6 Å². The van der Waals surface area contributed by atoms with Crippen LogP contribution in [0, 0.1) is 0 Å². The quantitative estimate of drug-likeness (QED) is 0.608. The molecule has 1 heterocycles. The van der Waals surface area contributed by atoms with Crippen LogP contribution in [0.1, 0.15) is 26.3 Å². The minimum absolute atomic E-state index is 0.119. The summed E-state index contributed by atoms with van der Waals surface area (Å²) in [6.45, 7) is 6.12. The average molecular weight is 388 g/mol. The van der Waals surface area contributed by atoms with Crippen molar-refractivity contribution >= 4 is 23.5 Å². The molecular weight excluding hydrogens is 369 g/mol. The minimum Gasteiger partial charge on any atom is -0.448 e. The Bertz CT molecular complexity index is 739. The number of alkyl halides is 3. The van der Waals surface area contributed by atoms with Gasteiger partial charge in [-0.15, -0.1) is 0 Å². The lowest BCUT2D eigenvalue weighted by Crippen LogP contribution is -2.24. The Morgan fingerprint density at radius 3 is 2.46 bits per heavy atom. The first-order chi connectivity index (χ1) is 12.1. The molecule has 2 rings (SSSR count). The number of rotatable bonds is 5. The van der Waals surface area contributed by atoms with Crippen molar-refractivity contribution in [3.63, 3.8) is 0 Å². The lowest BCUT2D eigenvalue weighted by molar-refractivity contribution is -0.137. The van der Waals surface area contributed by atoms with Gasteiger partial charge in [-0.05, 0) is 45.0 Å². The topological polar surface area (TPSA) is 69.0 Å². The van der Waals surface area contributed by atoms with Crippen LogP contribution in [0.4, 0.5) is 23.7 Å². The van der Waals surface area contributed by atoms with Crippen molar-refractivity contribution in [3.05, 3.63) is 36.2 Å². The summed E-state index contributed by atoms with van der Waals surface area (Å²) in [6, 6.07) is 4.13. The van der Waals surface area contributed by atoms with Gasteiger partial charge < -0.3 is 4.74 Å². The van der Waals surface area contributed by atoms with E-state index < -0.39 is 17.8 Å². The lowest BCUT2D eigenvalue weighted by Gasteiger charge is -2.20. The maximum absolute atomic E-state index is 12.5. The maximum Gasteiger partial charge on any atom is 0.416 e. The van der Waals surface area contributed by atoms with Gasteiger partial charge in [-0.3, -0.25) is 5.32 Å². The molecule has 0 spiro atoms. The molecule has 0 saturated carbocycles. The number of benzene rings is 1. The van der Waals surface area contributed by atoms with Crippen LogP contribution in [0.2, 0.25) is 0 Å². The van der Waals surface area contributed by atoms with Gasteiger partial charge >= 0.3 is 12.3 Å². The number of hydrogen-bond donors (Lipinski definition) is 1. The molecule has 1 N–H and O–H groups in total. The van der Waals surface area contributed by atoms with E-state index in [4.69, 9.17) is 4.74 Å². The van der Waals surface area contributed by atoms with Crippen molar-refractivity contribution in [1.29, 1.82) is 0 Å². The van der Waals surface area contributed by atoms with E-state index in [2.05, 4.69) is 15.4 Å². The number of nitrogens with zero attached hydrogens (tertiary/aromatic N) is 3. The van der Waals surface area contributed by atoms with E-state index in [9.17, 15) is 18.0 Å². The molecule has 1 amide bonds. The Labute approximate surface area is 153 Å². The molecule has 0 bridgehead atoms. The summed E-state index contributed by atoms with van der Waals surface area (Å²) in [5, 5.41) is 7.26. The van der Waals surface area contributed by atoms with Crippen LogP contribution >= 0.6 is 11.8 Å². The summed E-state index contributed by atoms with van der Waals surface area (Å²) in [5.41, 5.74) is -0.765. The van der Waals surface area contributed by atoms with Gasteiger partial charge in [0.05, 0.1) is 11.1 Å². The van der Waals surface area contributed by atoms with E-state index in [0.29, 0.717) is 10.9 Å². The Hall–Kier alpha value is -2.23. The van der Waals surface area contributed by atoms with E-state index >= 15 is 0 Å². The largest absolute Gasteiger partial charge is 0.448 e. The Morgan fingerprint density at radius 1 is 1.23 bits per heavy atom. The highest BCUT2D eigenvalue weighted by Gasteiger charge is 2.30. The van der Waals surface area contributed by atoms with Gasteiger partial charge in [-0.2, -0.15) is 18.3 Å². The lowest BCUT2D eigenvalue weighted by atomic mass is 10.1. The number of carbonyl (C=O) groups excluding carboxylic acids is 1. The maximum atomic E-state index is 12.5. The number of aromatic nitrogens is 3. The van der Waals surface area contributed by atoms with E-state index in [-0.39, 0.29) is 17.8 Å². The SMILES string of the molecule is CC(C)(C)n1ncnc1SCCOC(=O)Nc1ccc(C(F)(F)F)cc1. The van der Waals surface area contributed by atoms with Crippen LogP contribution < -0.4 is 5.32 Å².